The lowest BCUT2D eigenvalue weighted by molar-refractivity contribution is 0.133. The molecule has 0 aliphatic carbocycles. The van der Waals surface area contributed by atoms with Gasteiger partial charge in [0.2, 0.25) is 0 Å². The maximum atomic E-state index is 9.39. The molecule has 0 aromatic heterocycles. The number of aliphatic hydroxyl groups excluding tert-OH is 1. The smallest absolute Gasteiger partial charge is 0.0802 e. The van der Waals surface area contributed by atoms with Gasteiger partial charge in [0.1, 0.15) is 0 Å². The third-order valence-electron chi connectivity index (χ3n) is 2.31. The van der Waals surface area contributed by atoms with Gasteiger partial charge in [-0.25, -0.2) is 0 Å². The number of nitrogens with zero attached hydrogens (tertiary/aromatic N) is 1. The minimum absolute atomic E-state index is 0.346. The number of rotatable bonds is 3. The van der Waals surface area contributed by atoms with Gasteiger partial charge in [-0.2, -0.15) is 11.8 Å². The van der Waals surface area contributed by atoms with Crippen LogP contribution in [-0.4, -0.2) is 52.6 Å². The van der Waals surface area contributed by atoms with E-state index in [2.05, 4.69) is 11.8 Å². The quantitative estimate of drug-likeness (QED) is 0.733. The van der Waals surface area contributed by atoms with Gasteiger partial charge in [-0.1, -0.05) is 6.92 Å². The number of aliphatic hydroxyl groups is 1. The largest absolute Gasteiger partial charge is 0.391 e. The van der Waals surface area contributed by atoms with Crippen LogP contribution in [0.1, 0.15) is 13.3 Å². The molecule has 0 radical (unpaired) electrons. The van der Waals surface area contributed by atoms with Crippen molar-refractivity contribution in [2.24, 2.45) is 0 Å². The summed E-state index contributed by atoms with van der Waals surface area (Å²) < 4.78 is 0. The van der Waals surface area contributed by atoms with Crippen molar-refractivity contribution < 1.29 is 5.11 Å². The maximum absolute atomic E-state index is 9.39. The highest BCUT2D eigenvalue weighted by Crippen LogP contribution is 2.18. The highest BCUT2D eigenvalue weighted by molar-refractivity contribution is 7.99. The Morgan fingerprint density at radius 2 is 2.38 bits per heavy atom. The first-order chi connectivity index (χ1) is 6.22. The van der Waals surface area contributed by atoms with E-state index in [-0.39, 0.29) is 6.10 Å². The zero-order chi connectivity index (χ0) is 9.68. The first-order valence-corrected chi connectivity index (χ1v) is 6.38. The van der Waals surface area contributed by atoms with E-state index in [9.17, 15) is 5.11 Å². The fourth-order valence-electron chi connectivity index (χ4n) is 1.47. The second-order valence-electron chi connectivity index (χ2n) is 3.58. The second-order valence-corrected chi connectivity index (χ2v) is 5.43. The van der Waals surface area contributed by atoms with Gasteiger partial charge in [-0.15, -0.1) is 11.6 Å². The van der Waals surface area contributed by atoms with E-state index in [0.29, 0.717) is 5.88 Å². The molecule has 4 heteroatoms. The predicted molar refractivity (Wildman–Crippen MR) is 59.7 cm³/mol. The Hall–Kier alpha value is 0.560. The normalized spacial score (nSPS) is 28.4. The van der Waals surface area contributed by atoms with Crippen LogP contribution in [0.3, 0.4) is 0 Å². The van der Waals surface area contributed by atoms with Gasteiger partial charge in [0.25, 0.3) is 0 Å². The molecule has 78 valence electrons. The van der Waals surface area contributed by atoms with Crippen molar-refractivity contribution in [2.75, 3.05) is 31.3 Å². The van der Waals surface area contributed by atoms with E-state index in [0.717, 1.165) is 24.9 Å². The Labute approximate surface area is 89.6 Å². The molecule has 1 heterocycles. The highest BCUT2D eigenvalue weighted by atomic mass is 35.5. The first kappa shape index (κ1) is 11.6. The van der Waals surface area contributed by atoms with Crippen molar-refractivity contribution in [1.29, 1.82) is 0 Å². The molecule has 0 bridgehead atoms. The van der Waals surface area contributed by atoms with Gasteiger partial charge in [0.15, 0.2) is 0 Å². The van der Waals surface area contributed by atoms with Crippen molar-refractivity contribution in [3.05, 3.63) is 0 Å². The number of halogens is 1. The van der Waals surface area contributed by atoms with Crippen LogP contribution < -0.4 is 0 Å². The number of alkyl halides is 1. The molecule has 0 aromatic carbocycles. The number of hydrogen-bond acceptors (Lipinski definition) is 3. The van der Waals surface area contributed by atoms with Crippen LogP contribution in [0.4, 0.5) is 0 Å². The molecule has 0 spiro atoms. The third kappa shape index (κ3) is 4.54. The second kappa shape index (κ2) is 6.12. The van der Waals surface area contributed by atoms with Gasteiger partial charge in [0.05, 0.1) is 6.10 Å². The van der Waals surface area contributed by atoms with E-state index in [1.54, 1.807) is 0 Å². The molecule has 1 saturated heterocycles. The highest BCUT2D eigenvalue weighted by Gasteiger charge is 2.16. The number of hydrogen-bond donors (Lipinski definition) is 1. The van der Waals surface area contributed by atoms with Crippen LogP contribution in [0.2, 0.25) is 0 Å². The summed E-state index contributed by atoms with van der Waals surface area (Å²) in [4.78, 5) is 2.31. The molecule has 13 heavy (non-hydrogen) atoms. The summed E-state index contributed by atoms with van der Waals surface area (Å²) >= 11 is 7.58. The first-order valence-electron chi connectivity index (χ1n) is 4.80. The molecular weight excluding hydrogens is 206 g/mol. The summed E-state index contributed by atoms with van der Waals surface area (Å²) in [7, 11) is 0. The maximum Gasteiger partial charge on any atom is 0.0802 e. The lowest BCUT2D eigenvalue weighted by Crippen LogP contribution is -2.35. The Morgan fingerprint density at radius 1 is 1.62 bits per heavy atom. The molecule has 1 rings (SSSR count). The van der Waals surface area contributed by atoms with E-state index in [4.69, 9.17) is 11.6 Å². The van der Waals surface area contributed by atoms with E-state index in [1.807, 2.05) is 11.8 Å². The van der Waals surface area contributed by atoms with Crippen molar-refractivity contribution >= 4 is 23.4 Å². The molecule has 0 amide bonds. The van der Waals surface area contributed by atoms with Gasteiger partial charge in [-0.05, 0) is 13.0 Å². The molecule has 2 unspecified atom stereocenters. The summed E-state index contributed by atoms with van der Waals surface area (Å²) in [5, 5.41) is 10.1. The molecule has 2 nitrogen and oxygen atoms in total. The summed E-state index contributed by atoms with van der Waals surface area (Å²) in [6.07, 6.45) is 0.861. The van der Waals surface area contributed by atoms with Crippen molar-refractivity contribution in [3.8, 4) is 0 Å². The Balaban J connectivity index is 2.25. The van der Waals surface area contributed by atoms with Crippen LogP contribution in [0.25, 0.3) is 0 Å². The molecule has 0 saturated carbocycles. The van der Waals surface area contributed by atoms with Crippen molar-refractivity contribution in [1.82, 2.24) is 4.90 Å². The minimum atomic E-state index is -0.361. The average molecular weight is 224 g/mol. The minimum Gasteiger partial charge on any atom is -0.391 e. The predicted octanol–water partition coefficient (Wildman–Crippen LogP) is 1.41. The van der Waals surface area contributed by atoms with E-state index in [1.165, 1.54) is 12.2 Å². The Bertz CT molecular complexity index is 148. The van der Waals surface area contributed by atoms with Crippen LogP contribution >= 0.6 is 23.4 Å². The zero-order valence-corrected chi connectivity index (χ0v) is 9.65. The summed E-state index contributed by atoms with van der Waals surface area (Å²) in [5.41, 5.74) is 0. The molecule has 1 aliphatic rings. The molecule has 1 fully saturated rings. The summed E-state index contributed by atoms with van der Waals surface area (Å²) in [5.74, 6) is 1.52. The van der Waals surface area contributed by atoms with Gasteiger partial charge < -0.3 is 5.11 Å². The fraction of sp³-hybridized carbons (Fsp3) is 1.00. The monoisotopic (exact) mass is 223 g/mol. The number of thioether (sulfide) groups is 1. The van der Waals surface area contributed by atoms with Crippen LogP contribution in [0.15, 0.2) is 0 Å². The molecular formula is C9H18ClNOS. The van der Waals surface area contributed by atoms with Crippen LogP contribution in [-0.2, 0) is 0 Å². The number of β-amino-alcohol motifs (C(OH)–C–C–N with tert-alkyl or cyclic N) is 1. The Morgan fingerprint density at radius 3 is 3.08 bits per heavy atom. The molecule has 2 atom stereocenters. The lowest BCUT2D eigenvalue weighted by Gasteiger charge is -2.21. The molecule has 0 aromatic rings. The average Bonchev–Trinajstić information content (AvgIpc) is 2.31. The lowest BCUT2D eigenvalue weighted by atomic mass is 10.3. The molecule has 1 N–H and O–H groups in total. The third-order valence-corrected chi connectivity index (χ3v) is 3.89. The van der Waals surface area contributed by atoms with Crippen LogP contribution in [0.5, 0.6) is 0 Å². The van der Waals surface area contributed by atoms with Gasteiger partial charge >= 0.3 is 0 Å². The van der Waals surface area contributed by atoms with Crippen molar-refractivity contribution in [2.45, 2.75) is 24.7 Å². The van der Waals surface area contributed by atoms with E-state index >= 15 is 0 Å². The van der Waals surface area contributed by atoms with Crippen molar-refractivity contribution in [3.63, 3.8) is 0 Å². The van der Waals surface area contributed by atoms with E-state index < -0.39 is 0 Å². The Kier molecular flexibility index (Phi) is 5.48. The van der Waals surface area contributed by atoms with Gasteiger partial charge in [-0.3, -0.25) is 4.90 Å². The fourth-order valence-corrected chi connectivity index (χ4v) is 2.61. The molecule has 1 aliphatic heterocycles. The van der Waals surface area contributed by atoms with Gasteiger partial charge in [0, 0.05) is 30.0 Å². The summed E-state index contributed by atoms with van der Waals surface area (Å²) in [6.45, 7) is 5.19. The standard InChI is InChI=1S/C9H18ClNOS/c1-8-2-3-11(4-5-13-8)7-9(12)6-10/h8-9,12H,2-7H2,1H3. The topological polar surface area (TPSA) is 23.5 Å². The summed E-state index contributed by atoms with van der Waals surface area (Å²) in [6, 6.07) is 0. The zero-order valence-electron chi connectivity index (χ0n) is 8.08. The van der Waals surface area contributed by atoms with Crippen LogP contribution in [0, 0.1) is 0 Å². The SMILES string of the molecule is CC1CCN(CC(O)CCl)CCS1.